The molecule has 0 aromatic rings. The molecule has 0 aromatic heterocycles. The van der Waals surface area contributed by atoms with Gasteiger partial charge in [-0.05, 0) is 25.7 Å². The van der Waals surface area contributed by atoms with Crippen LogP contribution in [0.1, 0.15) is 52.9 Å². The number of amides is 1. The number of carbonyl (C=O) groups excluding carboxylic acids is 1. The van der Waals surface area contributed by atoms with Gasteiger partial charge in [-0.25, -0.2) is 0 Å². The molecule has 1 rings (SSSR count). The molecule has 1 fully saturated rings. The first-order valence-electron chi connectivity index (χ1n) is 5.94. The monoisotopic (exact) mass is 197 g/mol. The van der Waals surface area contributed by atoms with Crippen molar-refractivity contribution in [2.24, 2.45) is 5.92 Å². The molecule has 0 aromatic carbocycles. The van der Waals surface area contributed by atoms with E-state index in [1.165, 1.54) is 25.7 Å². The third kappa shape index (κ3) is 3.00. The van der Waals surface area contributed by atoms with E-state index in [4.69, 9.17) is 0 Å². The topological polar surface area (TPSA) is 20.3 Å². The molecule has 0 aliphatic heterocycles. The standard InChI is InChI=1S/C12H23NO/c1-4-13(11-7-5-6-8-11)12(14)9-10(2)3/h10-11H,4-9H2,1-3H3. The second kappa shape index (κ2) is 5.38. The Morgan fingerprint density at radius 2 is 1.93 bits per heavy atom. The molecule has 0 saturated heterocycles. The lowest BCUT2D eigenvalue weighted by atomic mass is 10.1. The molecule has 0 spiro atoms. The van der Waals surface area contributed by atoms with Crippen LogP contribution in [-0.2, 0) is 4.79 Å². The molecule has 0 bridgehead atoms. The summed E-state index contributed by atoms with van der Waals surface area (Å²) in [6.07, 6.45) is 5.76. The van der Waals surface area contributed by atoms with Crippen LogP contribution in [0.2, 0.25) is 0 Å². The lowest BCUT2D eigenvalue weighted by molar-refractivity contribution is -0.134. The molecule has 1 saturated carbocycles. The lowest BCUT2D eigenvalue weighted by Crippen LogP contribution is -2.39. The van der Waals surface area contributed by atoms with Crippen LogP contribution in [0.25, 0.3) is 0 Å². The van der Waals surface area contributed by atoms with Crippen molar-refractivity contribution in [1.29, 1.82) is 0 Å². The molecule has 0 N–H and O–H groups in total. The summed E-state index contributed by atoms with van der Waals surface area (Å²) in [5, 5.41) is 0. The summed E-state index contributed by atoms with van der Waals surface area (Å²) < 4.78 is 0. The molecule has 2 heteroatoms. The smallest absolute Gasteiger partial charge is 0.223 e. The van der Waals surface area contributed by atoms with Crippen LogP contribution in [0, 0.1) is 5.92 Å². The van der Waals surface area contributed by atoms with Crippen LogP contribution in [-0.4, -0.2) is 23.4 Å². The van der Waals surface area contributed by atoms with Gasteiger partial charge >= 0.3 is 0 Å². The fourth-order valence-electron chi connectivity index (χ4n) is 2.32. The van der Waals surface area contributed by atoms with Gasteiger partial charge in [-0.3, -0.25) is 4.79 Å². The number of hydrogen-bond donors (Lipinski definition) is 0. The first-order chi connectivity index (χ1) is 6.65. The van der Waals surface area contributed by atoms with Crippen molar-refractivity contribution in [2.75, 3.05) is 6.54 Å². The summed E-state index contributed by atoms with van der Waals surface area (Å²) in [5.41, 5.74) is 0. The highest BCUT2D eigenvalue weighted by Crippen LogP contribution is 2.24. The van der Waals surface area contributed by atoms with Gasteiger partial charge in [0.2, 0.25) is 5.91 Å². The van der Waals surface area contributed by atoms with Crippen molar-refractivity contribution in [3.63, 3.8) is 0 Å². The van der Waals surface area contributed by atoms with Gasteiger partial charge in [0.1, 0.15) is 0 Å². The second-order valence-electron chi connectivity index (χ2n) is 4.72. The molecule has 1 aliphatic carbocycles. The number of rotatable bonds is 4. The largest absolute Gasteiger partial charge is 0.340 e. The molecule has 1 aliphatic rings. The third-order valence-corrected chi connectivity index (χ3v) is 3.01. The fourth-order valence-corrected chi connectivity index (χ4v) is 2.32. The summed E-state index contributed by atoms with van der Waals surface area (Å²) in [6.45, 7) is 7.20. The van der Waals surface area contributed by atoms with E-state index < -0.39 is 0 Å². The fraction of sp³-hybridized carbons (Fsp3) is 0.917. The maximum absolute atomic E-state index is 11.9. The highest BCUT2D eigenvalue weighted by atomic mass is 16.2. The van der Waals surface area contributed by atoms with Gasteiger partial charge in [0, 0.05) is 19.0 Å². The minimum atomic E-state index is 0.356. The third-order valence-electron chi connectivity index (χ3n) is 3.01. The highest BCUT2D eigenvalue weighted by molar-refractivity contribution is 5.76. The normalized spacial score (nSPS) is 17.7. The summed E-state index contributed by atoms with van der Waals surface area (Å²) in [5.74, 6) is 0.840. The zero-order chi connectivity index (χ0) is 10.6. The SMILES string of the molecule is CCN(C(=O)CC(C)C)C1CCCC1. The lowest BCUT2D eigenvalue weighted by Gasteiger charge is -2.28. The van der Waals surface area contributed by atoms with Crippen molar-refractivity contribution >= 4 is 5.91 Å². The van der Waals surface area contributed by atoms with Crippen molar-refractivity contribution in [3.05, 3.63) is 0 Å². The van der Waals surface area contributed by atoms with Crippen molar-refractivity contribution < 1.29 is 4.79 Å². The zero-order valence-corrected chi connectivity index (χ0v) is 9.75. The first-order valence-corrected chi connectivity index (χ1v) is 5.94. The zero-order valence-electron chi connectivity index (χ0n) is 9.75. The van der Waals surface area contributed by atoms with E-state index in [9.17, 15) is 4.79 Å². The molecule has 0 heterocycles. The molecule has 2 nitrogen and oxygen atoms in total. The van der Waals surface area contributed by atoms with E-state index in [1.807, 2.05) is 0 Å². The Labute approximate surface area is 87.7 Å². The first kappa shape index (κ1) is 11.5. The van der Waals surface area contributed by atoms with E-state index >= 15 is 0 Å². The van der Waals surface area contributed by atoms with Gasteiger partial charge in [0.25, 0.3) is 0 Å². The molecule has 0 atom stereocenters. The Balaban J connectivity index is 2.47. The molecule has 0 radical (unpaired) electrons. The Hall–Kier alpha value is -0.530. The number of nitrogens with zero attached hydrogens (tertiary/aromatic N) is 1. The van der Waals surface area contributed by atoms with Crippen LogP contribution < -0.4 is 0 Å². The molecular formula is C12H23NO. The van der Waals surface area contributed by atoms with Crippen LogP contribution in [0.5, 0.6) is 0 Å². The average molecular weight is 197 g/mol. The summed E-state index contributed by atoms with van der Waals surface area (Å²) in [6, 6.07) is 0.547. The van der Waals surface area contributed by atoms with Gasteiger partial charge in [-0.1, -0.05) is 26.7 Å². The Bertz CT molecular complexity index is 183. The van der Waals surface area contributed by atoms with E-state index in [0.29, 0.717) is 24.3 Å². The summed E-state index contributed by atoms with van der Waals surface area (Å²) >= 11 is 0. The van der Waals surface area contributed by atoms with E-state index in [2.05, 4.69) is 25.7 Å². The predicted octanol–water partition coefficient (Wildman–Crippen LogP) is 2.82. The van der Waals surface area contributed by atoms with Gasteiger partial charge in [0.15, 0.2) is 0 Å². The van der Waals surface area contributed by atoms with Gasteiger partial charge in [0.05, 0.1) is 0 Å². The van der Waals surface area contributed by atoms with Gasteiger partial charge in [-0.15, -0.1) is 0 Å². The molecule has 1 amide bonds. The minimum Gasteiger partial charge on any atom is -0.340 e. The van der Waals surface area contributed by atoms with Gasteiger partial charge in [-0.2, -0.15) is 0 Å². The summed E-state index contributed by atoms with van der Waals surface area (Å²) in [4.78, 5) is 14.0. The summed E-state index contributed by atoms with van der Waals surface area (Å²) in [7, 11) is 0. The second-order valence-corrected chi connectivity index (χ2v) is 4.72. The molecular weight excluding hydrogens is 174 g/mol. The Morgan fingerprint density at radius 1 is 1.36 bits per heavy atom. The highest BCUT2D eigenvalue weighted by Gasteiger charge is 2.25. The van der Waals surface area contributed by atoms with E-state index in [0.717, 1.165) is 6.54 Å². The van der Waals surface area contributed by atoms with Crippen LogP contribution >= 0.6 is 0 Å². The van der Waals surface area contributed by atoms with Crippen molar-refractivity contribution in [3.8, 4) is 0 Å². The maximum Gasteiger partial charge on any atom is 0.223 e. The Morgan fingerprint density at radius 3 is 2.36 bits per heavy atom. The predicted molar refractivity (Wildman–Crippen MR) is 59.1 cm³/mol. The van der Waals surface area contributed by atoms with Crippen LogP contribution in [0.4, 0.5) is 0 Å². The average Bonchev–Trinajstić information content (AvgIpc) is 2.57. The number of carbonyl (C=O) groups is 1. The quantitative estimate of drug-likeness (QED) is 0.678. The van der Waals surface area contributed by atoms with Gasteiger partial charge < -0.3 is 4.90 Å². The maximum atomic E-state index is 11.9. The minimum absolute atomic E-state index is 0.356. The van der Waals surface area contributed by atoms with Crippen LogP contribution in [0.3, 0.4) is 0 Å². The van der Waals surface area contributed by atoms with E-state index in [1.54, 1.807) is 0 Å². The van der Waals surface area contributed by atoms with E-state index in [-0.39, 0.29) is 0 Å². The number of hydrogen-bond acceptors (Lipinski definition) is 1. The van der Waals surface area contributed by atoms with Crippen molar-refractivity contribution in [1.82, 2.24) is 4.90 Å². The molecule has 0 unspecified atom stereocenters. The molecule has 14 heavy (non-hydrogen) atoms. The molecule has 82 valence electrons. The van der Waals surface area contributed by atoms with Crippen LogP contribution in [0.15, 0.2) is 0 Å². The Kier molecular flexibility index (Phi) is 4.43. The van der Waals surface area contributed by atoms with Crippen molar-refractivity contribution in [2.45, 2.75) is 58.9 Å².